The zero-order chi connectivity index (χ0) is 6.41. The standard InChI is InChI=1S/6O.Zr. The van der Waals surface area contributed by atoms with E-state index in [1.165, 1.54) is 0 Å². The average molecular weight is 187 g/mol. The summed E-state index contributed by atoms with van der Waals surface area (Å²) >= 11 is -9.82. The molecule has 0 amide bonds. The van der Waals surface area contributed by atoms with E-state index in [4.69, 9.17) is 16.9 Å². The maximum atomic E-state index is 8.68. The molecular formula is O6Zr. The van der Waals surface area contributed by atoms with E-state index in [2.05, 4.69) is 0 Å². The third-order valence-electron chi connectivity index (χ3n) is 0. The van der Waals surface area contributed by atoms with E-state index in [9.17, 15) is 0 Å². The van der Waals surface area contributed by atoms with Crippen LogP contribution in [0.3, 0.4) is 0 Å². The molecule has 0 aromatic carbocycles. The van der Waals surface area contributed by atoms with Crippen molar-refractivity contribution in [3.05, 3.63) is 0 Å². The van der Waals surface area contributed by atoms with Gasteiger partial charge in [-0.1, -0.05) is 0 Å². The van der Waals surface area contributed by atoms with Crippen LogP contribution in [0.4, 0.5) is 0 Å². The van der Waals surface area contributed by atoms with Crippen molar-refractivity contribution in [2.45, 2.75) is 0 Å². The summed E-state index contributed by atoms with van der Waals surface area (Å²) in [5, 5.41) is 0. The van der Waals surface area contributed by atoms with Crippen LogP contribution in [0, 0.1) is 0 Å². The van der Waals surface area contributed by atoms with Crippen LogP contribution in [0.1, 0.15) is 0 Å². The molecule has 0 heterocycles. The van der Waals surface area contributed by atoms with Crippen LogP contribution in [0.15, 0.2) is 0 Å². The van der Waals surface area contributed by atoms with Crippen molar-refractivity contribution < 1.29 is 34.2 Å². The Hall–Kier alpha value is -0.317. The molecule has 40 valence electrons. The van der Waals surface area contributed by atoms with Gasteiger partial charge in [0.15, 0.2) is 0 Å². The second-order valence-corrected chi connectivity index (χ2v) is 7.40. The van der Waals surface area contributed by atoms with Crippen molar-refractivity contribution in [2.75, 3.05) is 0 Å². The van der Waals surface area contributed by atoms with E-state index >= 15 is 0 Å². The van der Waals surface area contributed by atoms with Gasteiger partial charge in [0, 0.05) is 0 Å². The summed E-state index contributed by atoms with van der Waals surface area (Å²) in [7, 11) is 0. The zero-order valence-corrected chi connectivity index (χ0v) is 5.41. The van der Waals surface area contributed by atoms with Crippen molar-refractivity contribution in [1.82, 2.24) is 0 Å². The second kappa shape index (κ2) is 0.578. The van der Waals surface area contributed by atoms with Crippen molar-refractivity contribution in [1.29, 1.82) is 0 Å². The van der Waals surface area contributed by atoms with Crippen LogP contribution in [0.25, 0.3) is 0 Å². The van der Waals surface area contributed by atoms with E-state index in [1.54, 1.807) is 0 Å². The van der Waals surface area contributed by atoms with Crippen LogP contribution in [0.2, 0.25) is 0 Å². The van der Waals surface area contributed by atoms with E-state index in [-0.39, 0.29) is 0 Å². The number of rotatable bonds is 0. The summed E-state index contributed by atoms with van der Waals surface area (Å²) in [4.78, 5) is 0. The Labute approximate surface area is 34.6 Å². The molecule has 0 aliphatic heterocycles. The number of hydrogen-bond acceptors (Lipinski definition) is 6. The van der Waals surface area contributed by atoms with E-state index in [0.29, 0.717) is 0 Å². The van der Waals surface area contributed by atoms with Gasteiger partial charge < -0.3 is 0 Å². The van der Waals surface area contributed by atoms with Gasteiger partial charge in [0.1, 0.15) is 0 Å². The zero-order valence-electron chi connectivity index (χ0n) is 2.95. The van der Waals surface area contributed by atoms with Crippen LogP contribution in [0.5, 0.6) is 0 Å². The molecule has 0 spiro atoms. The molecule has 0 aliphatic carbocycles. The van der Waals surface area contributed by atoms with E-state index < -0.39 is 17.3 Å². The fraction of sp³-hybridized carbons (Fsp3) is 0. The molecule has 0 aromatic rings. The molecule has 0 aromatic heterocycles. The average Bonchev–Trinajstić information content (AvgIpc) is 0.592. The number of hydrogen-bond donors (Lipinski definition) is 0. The minimum atomic E-state index is -9.82. The minimum absolute atomic E-state index is 8.68. The van der Waals surface area contributed by atoms with Crippen LogP contribution >= 0.6 is 0 Å². The molecule has 0 rings (SSSR count). The quantitative estimate of drug-likeness (QED) is 0.496. The molecule has 0 radical (unpaired) electrons. The van der Waals surface area contributed by atoms with Gasteiger partial charge in [-0.15, -0.1) is 0 Å². The fourth-order valence-corrected chi connectivity index (χ4v) is 0. The van der Waals surface area contributed by atoms with Crippen LogP contribution in [-0.2, 0) is 34.2 Å². The molecule has 6 nitrogen and oxygen atoms in total. The van der Waals surface area contributed by atoms with Gasteiger partial charge in [-0.25, -0.2) is 0 Å². The van der Waals surface area contributed by atoms with Crippen molar-refractivity contribution >= 4 is 0 Å². The summed E-state index contributed by atoms with van der Waals surface area (Å²) in [6, 6.07) is 0. The summed E-state index contributed by atoms with van der Waals surface area (Å²) in [5.41, 5.74) is 0. The third kappa shape index (κ3) is 768. The summed E-state index contributed by atoms with van der Waals surface area (Å²) in [6.45, 7) is 0. The molecule has 7 heteroatoms. The molecule has 0 N–H and O–H groups in total. The third-order valence-corrected chi connectivity index (χ3v) is 0. The maximum absolute atomic E-state index is 9.82. The second-order valence-electron chi connectivity index (χ2n) is 1.25. The van der Waals surface area contributed by atoms with Crippen LogP contribution < -0.4 is 0 Å². The first-order valence-electron chi connectivity index (χ1n) is 1.22. The summed E-state index contributed by atoms with van der Waals surface area (Å²) in [6.07, 6.45) is 0. The van der Waals surface area contributed by atoms with Gasteiger partial charge in [-0.3, -0.25) is 0 Å². The van der Waals surface area contributed by atoms with Gasteiger partial charge in [0.2, 0.25) is 0 Å². The summed E-state index contributed by atoms with van der Waals surface area (Å²) < 4.78 is 52.1. The first kappa shape index (κ1) is 6.68. The SMILES string of the molecule is [O]=[Zr](=[O])(=[O])(=[O])(=[O])=[O]. The Morgan fingerprint density at radius 3 is 0.571 bits per heavy atom. The van der Waals surface area contributed by atoms with Gasteiger partial charge in [-0.05, 0) is 0 Å². The van der Waals surface area contributed by atoms with Crippen molar-refractivity contribution in [3.63, 3.8) is 0 Å². The normalized spacial score (nSPS) is 6.86. The predicted octanol–water partition coefficient (Wildman–Crippen LogP) is -0.715. The fourth-order valence-electron chi connectivity index (χ4n) is 0. The molecule has 0 fully saturated rings. The first-order valence-corrected chi connectivity index (χ1v) is 7.25. The van der Waals surface area contributed by atoms with Gasteiger partial charge in [-0.2, -0.15) is 0 Å². The van der Waals surface area contributed by atoms with E-state index in [0.717, 1.165) is 0 Å². The predicted molar refractivity (Wildman–Crippen MR) is 4.12 cm³/mol. The Bertz CT molecular complexity index is 432. The van der Waals surface area contributed by atoms with Crippen LogP contribution in [-0.4, -0.2) is 0 Å². The molecule has 0 atom stereocenters. The van der Waals surface area contributed by atoms with E-state index in [1.807, 2.05) is 0 Å². The van der Waals surface area contributed by atoms with Crippen molar-refractivity contribution in [3.8, 4) is 0 Å². The molecule has 0 bridgehead atoms. The summed E-state index contributed by atoms with van der Waals surface area (Å²) in [5.74, 6) is 0. The monoisotopic (exact) mass is 186 g/mol. The Morgan fingerprint density at radius 1 is 0.571 bits per heavy atom. The molecular weight excluding hydrogens is 187 g/mol. The Balaban J connectivity index is 8.86. The molecule has 0 aliphatic rings. The molecule has 0 saturated carbocycles. The van der Waals surface area contributed by atoms with Gasteiger partial charge in [0.05, 0.1) is 0 Å². The first-order chi connectivity index (χ1) is 2.45. The van der Waals surface area contributed by atoms with Crippen molar-refractivity contribution in [2.24, 2.45) is 0 Å². The Kier molecular flexibility index (Phi) is 0.552. The van der Waals surface area contributed by atoms with Gasteiger partial charge >= 0.3 is 34.2 Å². The molecule has 0 saturated heterocycles. The Morgan fingerprint density at radius 2 is 0.571 bits per heavy atom. The molecule has 7 heavy (non-hydrogen) atoms. The topological polar surface area (TPSA) is 102 Å². The molecule has 0 unspecified atom stereocenters. The van der Waals surface area contributed by atoms with Gasteiger partial charge in [0.25, 0.3) is 0 Å².